The van der Waals surface area contributed by atoms with E-state index >= 15 is 0 Å². The molecule has 0 aromatic carbocycles. The first-order valence-corrected chi connectivity index (χ1v) is 4.90. The number of hydrogen-bond acceptors (Lipinski definition) is 4. The summed E-state index contributed by atoms with van der Waals surface area (Å²) >= 11 is 1.65. The largest absolute Gasteiger partial charge is 0.394 e. The molecule has 0 amide bonds. The zero-order valence-electron chi connectivity index (χ0n) is 7.08. The number of nitrogens with one attached hydrogen (secondary N) is 1. The molecule has 0 aliphatic rings. The van der Waals surface area contributed by atoms with Crippen LogP contribution in [0.1, 0.15) is 6.92 Å². The van der Waals surface area contributed by atoms with Gasteiger partial charge in [-0.05, 0) is 14.0 Å². The quantitative estimate of drug-likeness (QED) is 0.523. The summed E-state index contributed by atoms with van der Waals surface area (Å²) in [6, 6.07) is 0.464. The number of aliphatic hydroxyl groups is 2. The van der Waals surface area contributed by atoms with Crippen molar-refractivity contribution in [2.75, 3.05) is 25.2 Å². The van der Waals surface area contributed by atoms with E-state index in [9.17, 15) is 0 Å². The molecule has 0 bridgehead atoms. The number of hydrogen-bond donors (Lipinski definition) is 3. The Labute approximate surface area is 72.2 Å². The van der Waals surface area contributed by atoms with Crippen molar-refractivity contribution >= 4 is 11.8 Å². The highest BCUT2D eigenvalue weighted by molar-refractivity contribution is 7.99. The average Bonchev–Trinajstić information content (AvgIpc) is 2.04. The normalized spacial score (nSPS) is 16.4. The molecule has 3 N–H and O–H groups in total. The first-order valence-electron chi connectivity index (χ1n) is 3.74. The van der Waals surface area contributed by atoms with Gasteiger partial charge >= 0.3 is 0 Å². The van der Waals surface area contributed by atoms with Crippen molar-refractivity contribution in [2.45, 2.75) is 19.1 Å². The fourth-order valence-corrected chi connectivity index (χ4v) is 1.55. The van der Waals surface area contributed by atoms with E-state index in [0.717, 1.165) is 5.75 Å². The van der Waals surface area contributed by atoms with E-state index in [0.29, 0.717) is 11.8 Å². The van der Waals surface area contributed by atoms with Crippen molar-refractivity contribution in [3.05, 3.63) is 0 Å². The van der Waals surface area contributed by atoms with Gasteiger partial charge in [-0.15, -0.1) is 0 Å². The SMILES string of the molecule is CNC(C)CSCC(O)CO. The summed E-state index contributed by atoms with van der Waals surface area (Å²) in [5.74, 6) is 1.58. The standard InChI is InChI=1S/C7H17NO2S/c1-6(8-2)4-11-5-7(10)3-9/h6-10H,3-5H2,1-2H3. The van der Waals surface area contributed by atoms with E-state index < -0.39 is 6.10 Å². The summed E-state index contributed by atoms with van der Waals surface area (Å²) < 4.78 is 0. The van der Waals surface area contributed by atoms with Crippen LogP contribution in [0.4, 0.5) is 0 Å². The van der Waals surface area contributed by atoms with Gasteiger partial charge in [0.1, 0.15) is 0 Å². The molecule has 68 valence electrons. The third-order valence-electron chi connectivity index (χ3n) is 1.38. The molecule has 0 heterocycles. The van der Waals surface area contributed by atoms with Crippen molar-refractivity contribution in [1.29, 1.82) is 0 Å². The van der Waals surface area contributed by atoms with Crippen LogP contribution in [0.2, 0.25) is 0 Å². The Morgan fingerprint density at radius 2 is 2.09 bits per heavy atom. The van der Waals surface area contributed by atoms with Crippen molar-refractivity contribution in [2.24, 2.45) is 0 Å². The van der Waals surface area contributed by atoms with Gasteiger partial charge in [-0.25, -0.2) is 0 Å². The average molecular weight is 179 g/mol. The topological polar surface area (TPSA) is 52.5 Å². The molecule has 2 atom stereocenters. The van der Waals surface area contributed by atoms with E-state index in [-0.39, 0.29) is 6.61 Å². The second-order valence-corrected chi connectivity index (χ2v) is 3.64. The summed E-state index contributed by atoms with van der Waals surface area (Å²) in [7, 11) is 1.91. The molecule has 2 unspecified atom stereocenters. The van der Waals surface area contributed by atoms with Crippen LogP contribution in [0.15, 0.2) is 0 Å². The lowest BCUT2D eigenvalue weighted by atomic mass is 10.4. The molecule has 0 rings (SSSR count). The van der Waals surface area contributed by atoms with Gasteiger partial charge in [0.15, 0.2) is 0 Å². The lowest BCUT2D eigenvalue weighted by Gasteiger charge is -2.10. The Morgan fingerprint density at radius 1 is 1.45 bits per heavy atom. The minimum atomic E-state index is -0.566. The van der Waals surface area contributed by atoms with E-state index in [1.165, 1.54) is 0 Å². The Kier molecular flexibility index (Phi) is 7.06. The maximum absolute atomic E-state index is 8.95. The second-order valence-electron chi connectivity index (χ2n) is 2.56. The zero-order chi connectivity index (χ0) is 8.69. The summed E-state index contributed by atoms with van der Waals surface area (Å²) in [6.45, 7) is 1.94. The Morgan fingerprint density at radius 3 is 2.55 bits per heavy atom. The first-order chi connectivity index (χ1) is 5.20. The number of thioether (sulfide) groups is 1. The van der Waals surface area contributed by atoms with Gasteiger partial charge in [0.05, 0.1) is 12.7 Å². The van der Waals surface area contributed by atoms with Crippen LogP contribution in [0.25, 0.3) is 0 Å². The molecule has 4 heteroatoms. The highest BCUT2D eigenvalue weighted by Gasteiger charge is 2.03. The van der Waals surface area contributed by atoms with Crippen molar-refractivity contribution in [3.63, 3.8) is 0 Å². The molecule has 0 aromatic heterocycles. The molecule has 0 radical (unpaired) electrons. The molecular weight excluding hydrogens is 162 g/mol. The minimum Gasteiger partial charge on any atom is -0.394 e. The summed E-state index contributed by atoms with van der Waals surface area (Å²) in [5.41, 5.74) is 0. The maximum atomic E-state index is 8.95. The van der Waals surface area contributed by atoms with E-state index in [2.05, 4.69) is 12.2 Å². The van der Waals surface area contributed by atoms with E-state index in [1.54, 1.807) is 11.8 Å². The van der Waals surface area contributed by atoms with Gasteiger partial charge in [-0.3, -0.25) is 0 Å². The van der Waals surface area contributed by atoms with E-state index in [4.69, 9.17) is 10.2 Å². The first kappa shape index (κ1) is 11.2. The predicted molar refractivity (Wildman–Crippen MR) is 48.9 cm³/mol. The summed E-state index contributed by atoms with van der Waals surface area (Å²) in [5, 5.41) is 20.5. The number of aliphatic hydroxyl groups excluding tert-OH is 2. The van der Waals surface area contributed by atoms with Crippen LogP contribution in [-0.2, 0) is 0 Å². The van der Waals surface area contributed by atoms with Gasteiger partial charge in [-0.1, -0.05) is 0 Å². The van der Waals surface area contributed by atoms with Gasteiger partial charge in [-0.2, -0.15) is 11.8 Å². The van der Waals surface area contributed by atoms with Gasteiger partial charge in [0, 0.05) is 17.5 Å². The second kappa shape index (κ2) is 6.91. The molecule has 0 spiro atoms. The van der Waals surface area contributed by atoms with Gasteiger partial charge in [0.25, 0.3) is 0 Å². The smallest absolute Gasteiger partial charge is 0.0861 e. The third kappa shape index (κ3) is 6.62. The van der Waals surface area contributed by atoms with Gasteiger partial charge in [0.2, 0.25) is 0 Å². The molecular formula is C7H17NO2S. The fraction of sp³-hybridized carbons (Fsp3) is 1.00. The highest BCUT2D eigenvalue weighted by Crippen LogP contribution is 2.04. The molecule has 0 aromatic rings. The third-order valence-corrected chi connectivity index (χ3v) is 2.74. The lowest BCUT2D eigenvalue weighted by molar-refractivity contribution is 0.113. The summed E-state index contributed by atoms with van der Waals surface area (Å²) in [4.78, 5) is 0. The molecule has 0 saturated heterocycles. The number of rotatable bonds is 6. The molecule has 0 saturated carbocycles. The molecule has 11 heavy (non-hydrogen) atoms. The molecule has 0 fully saturated rings. The van der Waals surface area contributed by atoms with Crippen molar-refractivity contribution in [3.8, 4) is 0 Å². The molecule has 3 nitrogen and oxygen atoms in total. The van der Waals surface area contributed by atoms with Crippen molar-refractivity contribution in [1.82, 2.24) is 5.32 Å². The van der Waals surface area contributed by atoms with Crippen LogP contribution >= 0.6 is 11.8 Å². The van der Waals surface area contributed by atoms with Gasteiger partial charge < -0.3 is 15.5 Å². The fourth-order valence-electron chi connectivity index (χ4n) is 0.517. The Balaban J connectivity index is 3.13. The zero-order valence-corrected chi connectivity index (χ0v) is 7.90. The minimum absolute atomic E-state index is 0.138. The lowest BCUT2D eigenvalue weighted by Crippen LogP contribution is -2.25. The Hall–Kier alpha value is 0.230. The van der Waals surface area contributed by atoms with E-state index in [1.807, 2.05) is 7.05 Å². The van der Waals surface area contributed by atoms with Crippen LogP contribution in [0.5, 0.6) is 0 Å². The summed E-state index contributed by atoms with van der Waals surface area (Å²) in [6.07, 6.45) is -0.566. The Bertz CT molecular complexity index is 82.5. The van der Waals surface area contributed by atoms with Crippen molar-refractivity contribution < 1.29 is 10.2 Å². The van der Waals surface area contributed by atoms with Crippen LogP contribution in [0.3, 0.4) is 0 Å². The maximum Gasteiger partial charge on any atom is 0.0861 e. The van der Waals surface area contributed by atoms with Crippen LogP contribution < -0.4 is 5.32 Å². The highest BCUT2D eigenvalue weighted by atomic mass is 32.2. The van der Waals surface area contributed by atoms with Crippen LogP contribution in [-0.4, -0.2) is 47.5 Å². The van der Waals surface area contributed by atoms with Crippen LogP contribution in [0, 0.1) is 0 Å². The molecule has 0 aliphatic carbocycles. The monoisotopic (exact) mass is 179 g/mol. The predicted octanol–water partition coefficient (Wildman–Crippen LogP) is -0.319. The molecule has 0 aliphatic heterocycles.